The normalized spacial score (nSPS) is 15.2. The minimum absolute atomic E-state index is 0.00591. The topological polar surface area (TPSA) is 86.8 Å². The Bertz CT molecular complexity index is 1030. The second-order valence-electron chi connectivity index (χ2n) is 8.23. The summed E-state index contributed by atoms with van der Waals surface area (Å²) in [5.74, 6) is -0.110. The monoisotopic (exact) mass is 471 g/mol. The molecule has 7 nitrogen and oxygen atoms in total. The molecule has 8 heteroatoms. The Morgan fingerprint density at radius 2 is 1.58 bits per heavy atom. The Hall–Kier alpha value is -2.71. The van der Waals surface area contributed by atoms with E-state index in [1.54, 1.807) is 17.0 Å². The Morgan fingerprint density at radius 1 is 0.970 bits per heavy atom. The van der Waals surface area contributed by atoms with E-state index in [0.717, 1.165) is 5.56 Å². The lowest BCUT2D eigenvalue weighted by atomic mass is 10.1. The maximum absolute atomic E-state index is 13.0. The Kier molecular flexibility index (Phi) is 8.63. The largest absolute Gasteiger partial charge is 0.353 e. The number of hydrogen-bond acceptors (Lipinski definition) is 4. The van der Waals surface area contributed by atoms with Gasteiger partial charge in [-0.1, -0.05) is 30.3 Å². The fourth-order valence-corrected chi connectivity index (χ4v) is 5.52. The first-order valence-corrected chi connectivity index (χ1v) is 13.0. The molecule has 2 aromatic carbocycles. The maximum atomic E-state index is 13.0. The van der Waals surface area contributed by atoms with Crippen LogP contribution in [-0.2, 0) is 21.2 Å². The Morgan fingerprint density at radius 3 is 2.15 bits per heavy atom. The van der Waals surface area contributed by atoms with Gasteiger partial charge in [0, 0.05) is 44.2 Å². The average molecular weight is 472 g/mol. The number of aryl methyl sites for hydroxylation is 1. The number of carbonyl (C=O) groups excluding carboxylic acids is 2. The SMILES string of the molecule is CCN(CC)C(=O)c1ccc(S(=O)(=O)N2CCC(NC(=O)CCc3ccccc3)CC2)cc1. The van der Waals surface area contributed by atoms with Gasteiger partial charge in [0.05, 0.1) is 4.90 Å². The molecule has 0 saturated carbocycles. The number of nitrogens with zero attached hydrogens (tertiary/aromatic N) is 2. The molecule has 0 bridgehead atoms. The first kappa shape index (κ1) is 24.9. The molecule has 2 aromatic rings. The van der Waals surface area contributed by atoms with Crippen molar-refractivity contribution >= 4 is 21.8 Å². The number of amides is 2. The van der Waals surface area contributed by atoms with E-state index >= 15 is 0 Å². The van der Waals surface area contributed by atoms with Crippen LogP contribution in [0.25, 0.3) is 0 Å². The number of benzene rings is 2. The summed E-state index contributed by atoms with van der Waals surface area (Å²) in [5, 5.41) is 3.04. The van der Waals surface area contributed by atoms with Crippen molar-refractivity contribution in [2.75, 3.05) is 26.2 Å². The van der Waals surface area contributed by atoms with E-state index in [2.05, 4.69) is 5.32 Å². The second kappa shape index (κ2) is 11.4. The minimum Gasteiger partial charge on any atom is -0.353 e. The first-order valence-electron chi connectivity index (χ1n) is 11.6. The van der Waals surface area contributed by atoms with Crippen LogP contribution in [0.5, 0.6) is 0 Å². The molecule has 1 heterocycles. The fraction of sp³-hybridized carbons (Fsp3) is 0.440. The summed E-state index contributed by atoms with van der Waals surface area (Å²) in [4.78, 5) is 26.6. The van der Waals surface area contributed by atoms with Gasteiger partial charge in [0.2, 0.25) is 15.9 Å². The zero-order chi connectivity index (χ0) is 23.8. The number of hydrogen-bond donors (Lipinski definition) is 1. The highest BCUT2D eigenvalue weighted by atomic mass is 32.2. The predicted octanol–water partition coefficient (Wildman–Crippen LogP) is 3.07. The quantitative estimate of drug-likeness (QED) is 0.609. The molecule has 2 amide bonds. The van der Waals surface area contributed by atoms with Crippen LogP contribution in [0.4, 0.5) is 0 Å². The van der Waals surface area contributed by atoms with Crippen molar-refractivity contribution in [1.82, 2.24) is 14.5 Å². The highest BCUT2D eigenvalue weighted by Gasteiger charge is 2.30. The molecular weight excluding hydrogens is 438 g/mol. The zero-order valence-electron chi connectivity index (χ0n) is 19.4. The summed E-state index contributed by atoms with van der Waals surface area (Å²) in [6.45, 7) is 5.74. The van der Waals surface area contributed by atoms with Crippen LogP contribution < -0.4 is 5.32 Å². The van der Waals surface area contributed by atoms with Crippen molar-refractivity contribution in [2.45, 2.75) is 50.5 Å². The van der Waals surface area contributed by atoms with Crippen LogP contribution in [0.2, 0.25) is 0 Å². The van der Waals surface area contributed by atoms with E-state index in [1.807, 2.05) is 44.2 Å². The van der Waals surface area contributed by atoms with Crippen LogP contribution in [0, 0.1) is 0 Å². The van der Waals surface area contributed by atoms with Crippen molar-refractivity contribution in [3.8, 4) is 0 Å². The third-order valence-electron chi connectivity index (χ3n) is 6.09. The molecule has 0 atom stereocenters. The fourth-order valence-electron chi connectivity index (χ4n) is 4.05. The summed E-state index contributed by atoms with van der Waals surface area (Å²) < 4.78 is 27.6. The highest BCUT2D eigenvalue weighted by molar-refractivity contribution is 7.89. The van der Waals surface area contributed by atoms with Gasteiger partial charge in [-0.15, -0.1) is 0 Å². The summed E-state index contributed by atoms with van der Waals surface area (Å²) in [5.41, 5.74) is 1.60. The minimum atomic E-state index is -3.64. The summed E-state index contributed by atoms with van der Waals surface area (Å²) >= 11 is 0. The molecule has 1 aliphatic heterocycles. The van der Waals surface area contributed by atoms with Crippen molar-refractivity contribution in [3.63, 3.8) is 0 Å². The van der Waals surface area contributed by atoms with Crippen molar-refractivity contribution in [1.29, 1.82) is 0 Å². The van der Waals surface area contributed by atoms with E-state index in [-0.39, 0.29) is 22.8 Å². The number of sulfonamides is 1. The molecule has 0 aliphatic carbocycles. The third-order valence-corrected chi connectivity index (χ3v) is 8.01. The summed E-state index contributed by atoms with van der Waals surface area (Å²) in [6, 6.07) is 16.0. The van der Waals surface area contributed by atoms with E-state index < -0.39 is 10.0 Å². The first-order chi connectivity index (χ1) is 15.8. The maximum Gasteiger partial charge on any atom is 0.253 e. The van der Waals surface area contributed by atoms with Gasteiger partial charge < -0.3 is 10.2 Å². The number of carbonyl (C=O) groups is 2. The highest BCUT2D eigenvalue weighted by Crippen LogP contribution is 2.22. The van der Waals surface area contributed by atoms with Crippen LogP contribution in [0.15, 0.2) is 59.5 Å². The average Bonchev–Trinajstić information content (AvgIpc) is 2.84. The Balaban J connectivity index is 1.52. The van der Waals surface area contributed by atoms with Crippen LogP contribution in [0.3, 0.4) is 0 Å². The van der Waals surface area contributed by atoms with Gasteiger partial charge in [0.15, 0.2) is 0 Å². The Labute approximate surface area is 196 Å². The molecule has 1 fully saturated rings. The van der Waals surface area contributed by atoms with E-state index in [9.17, 15) is 18.0 Å². The molecule has 1 saturated heterocycles. The van der Waals surface area contributed by atoms with E-state index in [1.165, 1.54) is 16.4 Å². The van der Waals surface area contributed by atoms with E-state index in [4.69, 9.17) is 0 Å². The van der Waals surface area contributed by atoms with Crippen LogP contribution in [-0.4, -0.2) is 61.7 Å². The smallest absolute Gasteiger partial charge is 0.253 e. The van der Waals surface area contributed by atoms with Crippen molar-refractivity contribution in [3.05, 3.63) is 65.7 Å². The van der Waals surface area contributed by atoms with Gasteiger partial charge in [-0.2, -0.15) is 4.31 Å². The van der Waals surface area contributed by atoms with E-state index in [0.29, 0.717) is 57.4 Å². The molecule has 0 aromatic heterocycles. The van der Waals surface area contributed by atoms with Gasteiger partial charge in [-0.25, -0.2) is 8.42 Å². The lowest BCUT2D eigenvalue weighted by Crippen LogP contribution is -2.46. The molecule has 0 spiro atoms. The molecule has 178 valence electrons. The summed E-state index contributed by atoms with van der Waals surface area (Å²) in [7, 11) is -3.64. The summed E-state index contributed by atoms with van der Waals surface area (Å²) in [6.07, 6.45) is 2.26. The second-order valence-corrected chi connectivity index (χ2v) is 10.2. The van der Waals surface area contributed by atoms with Gasteiger partial charge in [-0.3, -0.25) is 9.59 Å². The molecule has 3 rings (SSSR count). The number of nitrogens with one attached hydrogen (secondary N) is 1. The lowest BCUT2D eigenvalue weighted by molar-refractivity contribution is -0.122. The lowest BCUT2D eigenvalue weighted by Gasteiger charge is -2.31. The number of rotatable bonds is 9. The van der Waals surface area contributed by atoms with Gasteiger partial charge in [-0.05, 0) is 62.9 Å². The molecule has 0 radical (unpaired) electrons. The molecule has 1 N–H and O–H groups in total. The predicted molar refractivity (Wildman–Crippen MR) is 128 cm³/mol. The van der Waals surface area contributed by atoms with Crippen molar-refractivity contribution in [2.24, 2.45) is 0 Å². The van der Waals surface area contributed by atoms with Gasteiger partial charge in [0.25, 0.3) is 5.91 Å². The molecule has 1 aliphatic rings. The van der Waals surface area contributed by atoms with Crippen LogP contribution >= 0.6 is 0 Å². The van der Waals surface area contributed by atoms with Gasteiger partial charge >= 0.3 is 0 Å². The molecular formula is C25H33N3O4S. The zero-order valence-corrected chi connectivity index (χ0v) is 20.2. The molecule has 0 unspecified atom stereocenters. The van der Waals surface area contributed by atoms with Crippen LogP contribution in [0.1, 0.15) is 49.0 Å². The third kappa shape index (κ3) is 6.42. The molecule has 33 heavy (non-hydrogen) atoms. The number of piperidine rings is 1. The standard InChI is InChI=1S/C25H33N3O4S/c1-3-27(4-2)25(30)21-11-13-23(14-12-21)33(31,32)28-18-16-22(17-19-28)26-24(29)15-10-20-8-6-5-7-9-20/h5-9,11-14,22H,3-4,10,15-19H2,1-2H3,(H,26,29). The van der Waals surface area contributed by atoms with Crippen molar-refractivity contribution < 1.29 is 18.0 Å². The van der Waals surface area contributed by atoms with Gasteiger partial charge in [0.1, 0.15) is 0 Å².